The number of carbonyl (C=O) groups is 1. The molecule has 5 aromatic rings. The Hall–Kier alpha value is -4.15. The Morgan fingerprint density at radius 1 is 0.853 bits per heavy atom. The number of anilines is 2. The Morgan fingerprint density at radius 3 is 2.38 bits per heavy atom. The van der Waals surface area contributed by atoms with Crippen LogP contribution in [0.15, 0.2) is 103 Å². The van der Waals surface area contributed by atoms with Crippen LogP contribution in [-0.4, -0.2) is 10.9 Å². The van der Waals surface area contributed by atoms with Gasteiger partial charge in [-0.2, -0.15) is 0 Å². The number of carbonyl (C=O) groups excluding carboxylic acids is 1. The minimum Gasteiger partial charge on any atom is -0.366 e. The molecule has 4 nitrogen and oxygen atoms in total. The molecule has 0 fully saturated rings. The van der Waals surface area contributed by atoms with Crippen LogP contribution in [0.5, 0.6) is 0 Å². The first-order chi connectivity index (χ1) is 16.6. The van der Waals surface area contributed by atoms with Crippen molar-refractivity contribution >= 4 is 39.8 Å². The third-order valence-electron chi connectivity index (χ3n) is 5.75. The number of halogens is 1. The number of pyridine rings is 1. The maximum atomic E-state index is 11.6. The number of nitrogens with two attached hydrogens (primary N) is 1. The lowest BCUT2D eigenvalue weighted by Gasteiger charge is -2.15. The van der Waals surface area contributed by atoms with E-state index >= 15 is 0 Å². The highest BCUT2D eigenvalue weighted by molar-refractivity contribution is 6.35. The van der Waals surface area contributed by atoms with Gasteiger partial charge in [0.1, 0.15) is 0 Å². The summed E-state index contributed by atoms with van der Waals surface area (Å²) < 4.78 is 0. The maximum absolute atomic E-state index is 11.6. The quantitative estimate of drug-likeness (QED) is 0.285. The van der Waals surface area contributed by atoms with Crippen LogP contribution < -0.4 is 11.1 Å². The van der Waals surface area contributed by atoms with E-state index in [-0.39, 0.29) is 0 Å². The lowest BCUT2D eigenvalue weighted by Crippen LogP contribution is -2.10. The predicted molar refractivity (Wildman–Crippen MR) is 140 cm³/mol. The predicted octanol–water partition coefficient (Wildman–Crippen LogP) is 6.99. The van der Waals surface area contributed by atoms with Crippen LogP contribution in [0.1, 0.15) is 21.5 Å². The lowest BCUT2D eigenvalue weighted by molar-refractivity contribution is 0.100. The number of benzene rings is 4. The van der Waals surface area contributed by atoms with Crippen LogP contribution in [0.3, 0.4) is 0 Å². The summed E-state index contributed by atoms with van der Waals surface area (Å²) in [6, 6.07) is 31.6. The molecule has 0 unspecified atom stereocenters. The molecule has 5 heteroatoms. The highest BCUT2D eigenvalue weighted by atomic mass is 35.5. The van der Waals surface area contributed by atoms with Gasteiger partial charge in [0.25, 0.3) is 0 Å². The second-order valence-corrected chi connectivity index (χ2v) is 8.51. The Morgan fingerprint density at radius 2 is 1.59 bits per heavy atom. The standard InChI is InChI=1S/C29H22ClN3O/c30-26-14-6-13-25-27(22(18-32-28(25)26)15-19-7-2-1-3-8-19)20-9-4-11-23(16-20)33-24-12-5-10-21(17-24)29(31)34/h1-14,16-18,33H,15H2,(H2,31,34). The molecule has 0 radical (unpaired) electrons. The van der Waals surface area contributed by atoms with Gasteiger partial charge in [0.05, 0.1) is 10.5 Å². The largest absolute Gasteiger partial charge is 0.366 e. The summed E-state index contributed by atoms with van der Waals surface area (Å²) in [5.41, 5.74) is 12.9. The van der Waals surface area contributed by atoms with E-state index < -0.39 is 5.91 Å². The third-order valence-corrected chi connectivity index (χ3v) is 6.06. The number of para-hydroxylation sites is 1. The van der Waals surface area contributed by atoms with Crippen molar-refractivity contribution in [3.05, 3.63) is 125 Å². The van der Waals surface area contributed by atoms with Crippen molar-refractivity contribution in [2.45, 2.75) is 6.42 Å². The molecule has 0 spiro atoms. The number of hydrogen-bond donors (Lipinski definition) is 2. The van der Waals surface area contributed by atoms with Crippen molar-refractivity contribution < 1.29 is 4.79 Å². The topological polar surface area (TPSA) is 68.0 Å². The molecule has 0 saturated carbocycles. The molecule has 0 aliphatic heterocycles. The van der Waals surface area contributed by atoms with Gasteiger partial charge in [-0.05, 0) is 65.1 Å². The SMILES string of the molecule is NC(=O)c1cccc(Nc2cccc(-c3c(Cc4ccccc4)cnc4c(Cl)cccc34)c2)c1. The second kappa shape index (κ2) is 9.38. The molecular formula is C29H22ClN3O. The Bertz CT molecular complexity index is 1500. The first kappa shape index (κ1) is 21.7. The highest BCUT2D eigenvalue weighted by Crippen LogP contribution is 2.36. The van der Waals surface area contributed by atoms with E-state index in [0.29, 0.717) is 10.6 Å². The number of fused-ring (bicyclic) bond motifs is 1. The molecule has 166 valence electrons. The molecule has 1 aromatic heterocycles. The Kier molecular flexibility index (Phi) is 5.98. The summed E-state index contributed by atoms with van der Waals surface area (Å²) in [6.45, 7) is 0. The highest BCUT2D eigenvalue weighted by Gasteiger charge is 2.14. The normalized spacial score (nSPS) is 10.9. The number of amides is 1. The molecule has 4 aromatic carbocycles. The molecule has 5 rings (SSSR count). The number of rotatable bonds is 6. The van der Waals surface area contributed by atoms with Gasteiger partial charge in [-0.15, -0.1) is 0 Å². The van der Waals surface area contributed by atoms with E-state index in [1.165, 1.54) is 5.56 Å². The van der Waals surface area contributed by atoms with E-state index in [2.05, 4.69) is 40.6 Å². The molecule has 3 N–H and O–H groups in total. The lowest BCUT2D eigenvalue weighted by atomic mass is 9.92. The first-order valence-corrected chi connectivity index (χ1v) is 11.3. The zero-order valence-corrected chi connectivity index (χ0v) is 19.1. The average molecular weight is 464 g/mol. The van der Waals surface area contributed by atoms with Crippen molar-refractivity contribution in [3.63, 3.8) is 0 Å². The summed E-state index contributed by atoms with van der Waals surface area (Å²) in [7, 11) is 0. The minimum absolute atomic E-state index is 0.455. The van der Waals surface area contributed by atoms with Crippen LogP contribution >= 0.6 is 11.6 Å². The van der Waals surface area contributed by atoms with Crippen molar-refractivity contribution in [1.29, 1.82) is 0 Å². The number of aromatic nitrogens is 1. The third kappa shape index (κ3) is 4.49. The fourth-order valence-corrected chi connectivity index (χ4v) is 4.41. The number of nitrogens with one attached hydrogen (secondary N) is 1. The smallest absolute Gasteiger partial charge is 0.248 e. The number of primary amides is 1. The molecule has 0 saturated heterocycles. The first-order valence-electron chi connectivity index (χ1n) is 11.0. The Labute approximate surface area is 203 Å². The van der Waals surface area contributed by atoms with E-state index in [1.54, 1.807) is 12.1 Å². The monoisotopic (exact) mass is 463 g/mol. The molecule has 0 bridgehead atoms. The molecular weight excluding hydrogens is 442 g/mol. The molecule has 0 aliphatic rings. The summed E-state index contributed by atoms with van der Waals surface area (Å²) in [6.07, 6.45) is 2.68. The van der Waals surface area contributed by atoms with Crippen LogP contribution in [0.2, 0.25) is 5.02 Å². The van der Waals surface area contributed by atoms with Gasteiger partial charge < -0.3 is 11.1 Å². The maximum Gasteiger partial charge on any atom is 0.248 e. The van der Waals surface area contributed by atoms with Crippen LogP contribution in [0.4, 0.5) is 11.4 Å². The van der Waals surface area contributed by atoms with Crippen molar-refractivity contribution in [3.8, 4) is 11.1 Å². The molecule has 0 atom stereocenters. The van der Waals surface area contributed by atoms with Crippen molar-refractivity contribution in [1.82, 2.24) is 4.98 Å². The van der Waals surface area contributed by atoms with Gasteiger partial charge in [0, 0.05) is 28.5 Å². The zero-order chi connectivity index (χ0) is 23.5. The fourth-order valence-electron chi connectivity index (χ4n) is 4.19. The molecule has 1 amide bonds. The second-order valence-electron chi connectivity index (χ2n) is 8.11. The number of nitrogens with zero attached hydrogens (tertiary/aromatic N) is 1. The van der Waals surface area contributed by atoms with Gasteiger partial charge >= 0.3 is 0 Å². The fraction of sp³-hybridized carbons (Fsp3) is 0.0345. The van der Waals surface area contributed by atoms with Crippen molar-refractivity contribution in [2.75, 3.05) is 5.32 Å². The molecule has 0 aliphatic carbocycles. The van der Waals surface area contributed by atoms with E-state index in [1.807, 2.05) is 60.8 Å². The summed E-state index contributed by atoms with van der Waals surface area (Å²) >= 11 is 6.50. The van der Waals surface area contributed by atoms with E-state index in [9.17, 15) is 4.79 Å². The van der Waals surface area contributed by atoms with Gasteiger partial charge in [-0.1, -0.05) is 72.3 Å². The number of hydrogen-bond acceptors (Lipinski definition) is 3. The van der Waals surface area contributed by atoms with Crippen LogP contribution in [-0.2, 0) is 6.42 Å². The molecule has 34 heavy (non-hydrogen) atoms. The van der Waals surface area contributed by atoms with Gasteiger partial charge in [0.15, 0.2) is 0 Å². The van der Waals surface area contributed by atoms with Gasteiger partial charge in [-0.3, -0.25) is 9.78 Å². The summed E-state index contributed by atoms with van der Waals surface area (Å²) in [4.78, 5) is 16.2. The summed E-state index contributed by atoms with van der Waals surface area (Å²) in [5, 5.41) is 5.02. The van der Waals surface area contributed by atoms with Crippen LogP contribution in [0.25, 0.3) is 22.0 Å². The minimum atomic E-state index is -0.455. The summed E-state index contributed by atoms with van der Waals surface area (Å²) in [5.74, 6) is -0.455. The van der Waals surface area contributed by atoms with Gasteiger partial charge in [0.2, 0.25) is 5.91 Å². The van der Waals surface area contributed by atoms with Gasteiger partial charge in [-0.25, -0.2) is 0 Å². The zero-order valence-electron chi connectivity index (χ0n) is 18.3. The van der Waals surface area contributed by atoms with Crippen molar-refractivity contribution in [2.24, 2.45) is 5.73 Å². The molecule has 1 heterocycles. The van der Waals surface area contributed by atoms with E-state index in [0.717, 1.165) is 45.4 Å². The average Bonchev–Trinajstić information content (AvgIpc) is 2.85. The Balaban J connectivity index is 1.60. The van der Waals surface area contributed by atoms with Crippen LogP contribution in [0, 0.1) is 0 Å². The van der Waals surface area contributed by atoms with E-state index in [4.69, 9.17) is 17.3 Å².